The van der Waals surface area contributed by atoms with E-state index < -0.39 is 0 Å². The highest BCUT2D eigenvalue weighted by atomic mass is 16.3. The lowest BCUT2D eigenvalue weighted by atomic mass is 9.85. The molecule has 0 atom stereocenters. The standard InChI is InChI=1S/C50H31NO2/c1-3-15-40-36(12-1)37-13-2-4-16-41(37)48-33-25-32(29-22-23-39-38-14-5-6-19-43(38)52-46(39)28-29)26-34(27-33)51-42-18-9-21-45-50(42)49-35(17-8-20-44(49)53-45)30-10-7-11-31(24-30)47(40)48/h1-2,4-14,16-28,51H,3,15H2. The van der Waals surface area contributed by atoms with Crippen molar-refractivity contribution in [2.45, 2.75) is 12.8 Å². The van der Waals surface area contributed by atoms with E-state index in [0.717, 1.165) is 78.9 Å². The number of benzene rings is 8. The van der Waals surface area contributed by atoms with Gasteiger partial charge in [-0.3, -0.25) is 0 Å². The van der Waals surface area contributed by atoms with E-state index >= 15 is 0 Å². The van der Waals surface area contributed by atoms with E-state index in [2.05, 4.69) is 151 Å². The highest BCUT2D eigenvalue weighted by Crippen LogP contribution is 2.42. The van der Waals surface area contributed by atoms with Crippen LogP contribution in [0, 0.1) is 0 Å². The minimum Gasteiger partial charge on any atom is -0.456 e. The molecular weight excluding hydrogens is 647 g/mol. The summed E-state index contributed by atoms with van der Waals surface area (Å²) in [5.74, 6) is 0. The van der Waals surface area contributed by atoms with E-state index in [1.165, 1.54) is 54.2 Å². The molecule has 3 nitrogen and oxygen atoms in total. The van der Waals surface area contributed by atoms with Crippen LogP contribution in [-0.2, 0) is 6.42 Å². The Morgan fingerprint density at radius 2 is 1.17 bits per heavy atom. The summed E-state index contributed by atoms with van der Waals surface area (Å²) in [6, 6.07) is 52.8. The van der Waals surface area contributed by atoms with Gasteiger partial charge in [-0.25, -0.2) is 0 Å². The van der Waals surface area contributed by atoms with E-state index in [9.17, 15) is 0 Å². The average Bonchev–Trinajstić information content (AvgIpc) is 3.79. The number of nitrogens with one attached hydrogen (secondary N) is 1. The van der Waals surface area contributed by atoms with Crippen molar-refractivity contribution in [3.05, 3.63) is 163 Å². The SMILES string of the molecule is C1=Cc2c(c3c4cccc(c4)c4cccc5oc6cccc([nH]c7cc(-c8ccc9c(c8)oc8ccccc89)cc(c7)c3c3ccccc23)c6c54)CC1. The summed E-state index contributed by atoms with van der Waals surface area (Å²) in [6.07, 6.45) is 6.68. The van der Waals surface area contributed by atoms with Crippen molar-refractivity contribution < 1.29 is 8.83 Å². The van der Waals surface area contributed by atoms with Crippen LogP contribution in [0.3, 0.4) is 0 Å². The molecule has 8 aromatic carbocycles. The molecule has 4 bridgehead atoms. The first kappa shape index (κ1) is 28.8. The molecule has 248 valence electrons. The smallest absolute Gasteiger partial charge is 0.137 e. The maximum absolute atomic E-state index is 6.54. The number of para-hydroxylation sites is 1. The second-order valence-electron chi connectivity index (χ2n) is 14.4. The number of fused-ring (bicyclic) bond motifs is 16. The van der Waals surface area contributed by atoms with E-state index in [1.807, 2.05) is 12.1 Å². The summed E-state index contributed by atoms with van der Waals surface area (Å²) in [4.78, 5) is 3.92. The number of furan rings is 2. The molecule has 0 aliphatic heterocycles. The highest BCUT2D eigenvalue weighted by molar-refractivity contribution is 6.26. The topological polar surface area (TPSA) is 42.1 Å². The third-order valence-corrected chi connectivity index (χ3v) is 11.4. The molecule has 0 spiro atoms. The number of aromatic nitrogens is 1. The van der Waals surface area contributed by atoms with Gasteiger partial charge in [0.15, 0.2) is 0 Å². The molecule has 0 saturated carbocycles. The van der Waals surface area contributed by atoms with Gasteiger partial charge in [0.05, 0.1) is 10.9 Å². The van der Waals surface area contributed by atoms with E-state index in [0.29, 0.717) is 0 Å². The Bertz CT molecular complexity index is 3460. The number of H-pyrrole nitrogens is 1. The predicted octanol–water partition coefficient (Wildman–Crippen LogP) is 14.3. The molecular formula is C50H31NO2. The maximum atomic E-state index is 6.54. The second-order valence-corrected chi connectivity index (χ2v) is 14.4. The number of hydrogen-bond donors (Lipinski definition) is 1. The lowest BCUT2D eigenvalue weighted by molar-refractivity contribution is 0.669. The van der Waals surface area contributed by atoms with Gasteiger partial charge in [-0.15, -0.1) is 0 Å². The summed E-state index contributed by atoms with van der Waals surface area (Å²) in [6.45, 7) is 0. The quantitative estimate of drug-likeness (QED) is 0.188. The highest BCUT2D eigenvalue weighted by Gasteiger charge is 2.18. The Labute approximate surface area is 303 Å². The van der Waals surface area contributed by atoms with Gasteiger partial charge in [0.1, 0.15) is 22.3 Å². The first-order chi connectivity index (χ1) is 26.2. The third-order valence-electron chi connectivity index (χ3n) is 11.4. The van der Waals surface area contributed by atoms with Crippen LogP contribution in [0.1, 0.15) is 17.5 Å². The Hall–Kier alpha value is -6.84. The molecule has 11 aromatic rings. The Morgan fingerprint density at radius 3 is 2.11 bits per heavy atom. The lowest BCUT2D eigenvalue weighted by Gasteiger charge is -2.19. The van der Waals surface area contributed by atoms with Gasteiger partial charge in [-0.05, 0) is 139 Å². The molecule has 3 heteroatoms. The van der Waals surface area contributed by atoms with Crippen molar-refractivity contribution >= 4 is 104 Å². The Kier molecular flexibility index (Phi) is 5.89. The van der Waals surface area contributed by atoms with Gasteiger partial charge in [-0.2, -0.15) is 0 Å². The van der Waals surface area contributed by atoms with Crippen molar-refractivity contribution in [2.24, 2.45) is 0 Å². The Morgan fingerprint density at radius 1 is 0.434 bits per heavy atom. The van der Waals surface area contributed by atoms with Crippen LogP contribution >= 0.6 is 0 Å². The zero-order valence-electron chi connectivity index (χ0n) is 28.7. The van der Waals surface area contributed by atoms with Crippen molar-refractivity contribution in [3.8, 4) is 11.1 Å². The van der Waals surface area contributed by atoms with Crippen LogP contribution in [0.2, 0.25) is 0 Å². The second kappa shape index (κ2) is 10.8. The first-order valence-corrected chi connectivity index (χ1v) is 18.4. The summed E-state index contributed by atoms with van der Waals surface area (Å²) < 4.78 is 12.9. The van der Waals surface area contributed by atoms with Gasteiger partial charge < -0.3 is 13.8 Å². The molecule has 0 unspecified atom stereocenters. The fourth-order valence-corrected chi connectivity index (χ4v) is 9.14. The van der Waals surface area contributed by atoms with Crippen molar-refractivity contribution in [1.29, 1.82) is 0 Å². The van der Waals surface area contributed by atoms with E-state index in [4.69, 9.17) is 8.83 Å². The van der Waals surface area contributed by atoms with Crippen LogP contribution < -0.4 is 0 Å². The molecule has 3 heterocycles. The van der Waals surface area contributed by atoms with Crippen LogP contribution in [0.15, 0.2) is 161 Å². The first-order valence-electron chi connectivity index (χ1n) is 18.4. The van der Waals surface area contributed by atoms with Gasteiger partial charge in [0, 0.05) is 21.7 Å². The number of aryl methyl sites for hydroxylation is 1. The molecule has 53 heavy (non-hydrogen) atoms. The third kappa shape index (κ3) is 4.22. The van der Waals surface area contributed by atoms with Crippen LogP contribution in [-0.4, -0.2) is 4.98 Å². The van der Waals surface area contributed by atoms with Gasteiger partial charge in [0.25, 0.3) is 0 Å². The van der Waals surface area contributed by atoms with E-state index in [-0.39, 0.29) is 0 Å². The molecule has 12 rings (SSSR count). The minimum absolute atomic E-state index is 0.866. The molecule has 1 aliphatic carbocycles. The summed E-state index contributed by atoms with van der Waals surface area (Å²) in [7, 11) is 0. The van der Waals surface area contributed by atoms with Crippen LogP contribution in [0.5, 0.6) is 0 Å². The normalized spacial score (nSPS) is 13.1. The Balaban J connectivity index is 1.34. The molecule has 0 fully saturated rings. The zero-order valence-corrected chi connectivity index (χ0v) is 28.7. The summed E-state index contributed by atoms with van der Waals surface area (Å²) in [5.41, 5.74) is 10.5. The lowest BCUT2D eigenvalue weighted by Crippen LogP contribution is -1.98. The zero-order chi connectivity index (χ0) is 34.6. The minimum atomic E-state index is 0.866. The molecule has 0 amide bonds. The number of aromatic amines is 1. The molecule has 1 aliphatic rings. The van der Waals surface area contributed by atoms with Crippen LogP contribution in [0.4, 0.5) is 0 Å². The van der Waals surface area contributed by atoms with Crippen LogP contribution in [0.25, 0.3) is 115 Å². The molecule has 3 aromatic heterocycles. The van der Waals surface area contributed by atoms with Crippen molar-refractivity contribution in [3.63, 3.8) is 0 Å². The van der Waals surface area contributed by atoms with Crippen molar-refractivity contribution in [1.82, 2.24) is 4.98 Å². The maximum Gasteiger partial charge on any atom is 0.137 e. The molecule has 0 radical (unpaired) electrons. The van der Waals surface area contributed by atoms with E-state index in [1.54, 1.807) is 0 Å². The summed E-state index contributed by atoms with van der Waals surface area (Å²) in [5, 5.41) is 14.3. The number of rotatable bonds is 1. The average molecular weight is 678 g/mol. The number of hydrogen-bond acceptors (Lipinski definition) is 2. The fourth-order valence-electron chi connectivity index (χ4n) is 9.14. The van der Waals surface area contributed by atoms with Gasteiger partial charge >= 0.3 is 0 Å². The van der Waals surface area contributed by atoms with Gasteiger partial charge in [-0.1, -0.05) is 97.1 Å². The van der Waals surface area contributed by atoms with Gasteiger partial charge in [0.2, 0.25) is 0 Å². The molecule has 0 saturated heterocycles. The molecule has 1 N–H and O–H groups in total. The predicted molar refractivity (Wildman–Crippen MR) is 223 cm³/mol. The number of allylic oxidation sites excluding steroid dienone is 1. The van der Waals surface area contributed by atoms with Crippen molar-refractivity contribution in [2.75, 3.05) is 0 Å². The summed E-state index contributed by atoms with van der Waals surface area (Å²) >= 11 is 0. The largest absolute Gasteiger partial charge is 0.456 e. The fraction of sp³-hybridized carbons (Fsp3) is 0.0400. The monoisotopic (exact) mass is 677 g/mol.